The first kappa shape index (κ1) is 18.8. The predicted molar refractivity (Wildman–Crippen MR) is 83.2 cm³/mol. The maximum absolute atomic E-state index is 12.1. The van der Waals surface area contributed by atoms with E-state index in [9.17, 15) is 4.79 Å². The van der Waals surface area contributed by atoms with Crippen molar-refractivity contribution in [2.24, 2.45) is 0 Å². The van der Waals surface area contributed by atoms with Crippen LogP contribution >= 0.6 is 11.5 Å². The molecule has 0 spiro atoms. The molecule has 20 heavy (non-hydrogen) atoms. The zero-order valence-corrected chi connectivity index (χ0v) is 14.3. The minimum absolute atomic E-state index is 0.0130. The molecular formula is C14H27N3O2S. The number of ether oxygens (including phenoxy) is 1. The number of rotatable bonds is 7. The van der Waals surface area contributed by atoms with Gasteiger partial charge in [-0.3, -0.25) is 4.79 Å². The van der Waals surface area contributed by atoms with Crippen molar-refractivity contribution >= 4 is 17.4 Å². The van der Waals surface area contributed by atoms with Crippen molar-refractivity contribution in [2.75, 3.05) is 13.2 Å². The van der Waals surface area contributed by atoms with Crippen LogP contribution in [0.2, 0.25) is 0 Å². The summed E-state index contributed by atoms with van der Waals surface area (Å²) in [5.74, 6) is 0.689. The average Bonchev–Trinajstić information content (AvgIpc) is 2.89. The first-order chi connectivity index (χ1) is 9.62. The number of amides is 1. The van der Waals surface area contributed by atoms with Gasteiger partial charge in [0.05, 0.1) is 0 Å². The summed E-state index contributed by atoms with van der Waals surface area (Å²) in [4.78, 5) is 18.0. The van der Waals surface area contributed by atoms with Crippen LogP contribution < -0.4 is 4.74 Å². The predicted octanol–water partition coefficient (Wildman–Crippen LogP) is 3.29. The molecule has 1 aromatic rings. The monoisotopic (exact) mass is 301 g/mol. The van der Waals surface area contributed by atoms with Gasteiger partial charge in [-0.2, -0.15) is 9.36 Å². The Bertz CT molecular complexity index is 378. The van der Waals surface area contributed by atoms with E-state index in [4.69, 9.17) is 4.74 Å². The fourth-order valence-electron chi connectivity index (χ4n) is 1.91. The van der Waals surface area contributed by atoms with Crippen molar-refractivity contribution in [1.29, 1.82) is 0 Å². The highest BCUT2D eigenvalue weighted by atomic mass is 32.1. The number of hydrogen-bond acceptors (Lipinski definition) is 5. The maximum atomic E-state index is 12.1. The van der Waals surface area contributed by atoms with Crippen molar-refractivity contribution in [2.45, 2.75) is 60.4 Å². The quantitative estimate of drug-likeness (QED) is 0.775. The Hall–Kier alpha value is -1.17. The summed E-state index contributed by atoms with van der Waals surface area (Å²) >= 11 is 1.18. The second-order valence-electron chi connectivity index (χ2n) is 4.05. The van der Waals surface area contributed by atoms with E-state index in [0.717, 1.165) is 12.8 Å². The first-order valence-electron chi connectivity index (χ1n) is 7.34. The third-order valence-electron chi connectivity index (χ3n) is 2.87. The molecule has 116 valence electrons. The molecule has 0 atom stereocenters. The van der Waals surface area contributed by atoms with E-state index in [-0.39, 0.29) is 12.5 Å². The molecule has 1 heterocycles. The third kappa shape index (κ3) is 5.86. The molecular weight excluding hydrogens is 274 g/mol. The second kappa shape index (κ2) is 10.6. The van der Waals surface area contributed by atoms with Gasteiger partial charge in [-0.1, -0.05) is 27.7 Å². The van der Waals surface area contributed by atoms with Crippen LogP contribution in [0, 0.1) is 6.92 Å². The molecule has 0 fully saturated rings. The van der Waals surface area contributed by atoms with Crippen molar-refractivity contribution < 1.29 is 9.53 Å². The van der Waals surface area contributed by atoms with Gasteiger partial charge in [-0.05, 0) is 26.7 Å². The summed E-state index contributed by atoms with van der Waals surface area (Å²) in [7, 11) is 0. The van der Waals surface area contributed by atoms with Gasteiger partial charge >= 0.3 is 0 Å². The van der Waals surface area contributed by atoms with E-state index in [2.05, 4.69) is 23.2 Å². The lowest BCUT2D eigenvalue weighted by molar-refractivity contribution is -0.135. The number of hydrogen-bond donors (Lipinski definition) is 0. The van der Waals surface area contributed by atoms with Gasteiger partial charge in [-0.15, -0.1) is 0 Å². The summed E-state index contributed by atoms with van der Waals surface area (Å²) in [6.07, 6.45) is 1.93. The number of aromatic nitrogens is 2. The molecule has 0 aliphatic carbocycles. The largest absolute Gasteiger partial charge is 0.459 e. The molecule has 0 aromatic carbocycles. The van der Waals surface area contributed by atoms with Gasteiger partial charge in [0.25, 0.3) is 11.1 Å². The Labute approximate surface area is 126 Å². The number of aryl methyl sites for hydroxylation is 1. The third-order valence-corrected chi connectivity index (χ3v) is 3.59. The van der Waals surface area contributed by atoms with Crippen LogP contribution in [0.3, 0.4) is 0 Å². The zero-order valence-electron chi connectivity index (χ0n) is 13.5. The van der Waals surface area contributed by atoms with E-state index >= 15 is 0 Å². The number of nitrogens with zero attached hydrogens (tertiary/aromatic N) is 3. The van der Waals surface area contributed by atoms with Gasteiger partial charge < -0.3 is 9.64 Å². The molecule has 6 heteroatoms. The molecule has 0 aliphatic heterocycles. The molecule has 0 unspecified atom stereocenters. The van der Waals surface area contributed by atoms with E-state index in [1.54, 1.807) is 6.92 Å². The summed E-state index contributed by atoms with van der Waals surface area (Å²) in [5.41, 5.74) is 0. The Morgan fingerprint density at radius 2 is 1.90 bits per heavy atom. The minimum Gasteiger partial charge on any atom is -0.459 e. The summed E-state index contributed by atoms with van der Waals surface area (Å²) in [6, 6.07) is 0.294. The normalized spacial score (nSPS) is 9.95. The van der Waals surface area contributed by atoms with Crippen molar-refractivity contribution in [3.8, 4) is 5.19 Å². The lowest BCUT2D eigenvalue weighted by Crippen LogP contribution is -2.42. The Morgan fingerprint density at radius 1 is 1.30 bits per heavy atom. The molecule has 0 radical (unpaired) electrons. The van der Waals surface area contributed by atoms with Crippen LogP contribution in [0.15, 0.2) is 0 Å². The van der Waals surface area contributed by atoms with Crippen LogP contribution in [0.5, 0.6) is 5.19 Å². The summed E-state index contributed by atoms with van der Waals surface area (Å²) in [6.45, 7) is 12.7. The van der Waals surface area contributed by atoms with Gasteiger partial charge in [0.15, 0.2) is 6.61 Å². The topological polar surface area (TPSA) is 55.3 Å². The van der Waals surface area contributed by atoms with E-state index in [0.29, 0.717) is 23.6 Å². The minimum atomic E-state index is 0.0130. The highest BCUT2D eigenvalue weighted by Gasteiger charge is 2.20. The lowest BCUT2D eigenvalue weighted by atomic mass is 10.1. The van der Waals surface area contributed by atoms with Gasteiger partial charge in [0.2, 0.25) is 0 Å². The van der Waals surface area contributed by atoms with Crippen LogP contribution in [0.4, 0.5) is 0 Å². The standard InChI is InChI=1S/C12H21N3O2S.C2H6/c1-5-10(6-2)15(7-3)11(16)8-17-12-13-9(4)14-18-12;1-2/h10H,5-8H2,1-4H3;1-2H3. The molecule has 1 aromatic heterocycles. The van der Waals surface area contributed by atoms with E-state index in [1.807, 2.05) is 25.7 Å². The second-order valence-corrected chi connectivity index (χ2v) is 4.76. The number of carbonyl (C=O) groups is 1. The molecule has 0 saturated heterocycles. The maximum Gasteiger partial charge on any atom is 0.293 e. The van der Waals surface area contributed by atoms with Crippen molar-refractivity contribution in [3.63, 3.8) is 0 Å². The van der Waals surface area contributed by atoms with Gasteiger partial charge in [0.1, 0.15) is 5.82 Å². The molecule has 5 nitrogen and oxygen atoms in total. The van der Waals surface area contributed by atoms with E-state index < -0.39 is 0 Å². The Balaban J connectivity index is 0.00000172. The summed E-state index contributed by atoms with van der Waals surface area (Å²) < 4.78 is 9.37. The van der Waals surface area contributed by atoms with E-state index in [1.165, 1.54) is 11.5 Å². The smallest absolute Gasteiger partial charge is 0.293 e. The van der Waals surface area contributed by atoms with Crippen molar-refractivity contribution in [3.05, 3.63) is 5.82 Å². The van der Waals surface area contributed by atoms with Crippen LogP contribution in [-0.4, -0.2) is 39.4 Å². The highest BCUT2D eigenvalue weighted by Crippen LogP contribution is 2.14. The lowest BCUT2D eigenvalue weighted by Gasteiger charge is -2.29. The average molecular weight is 301 g/mol. The molecule has 1 rings (SSSR count). The Kier molecular flexibility index (Phi) is 9.98. The molecule has 0 aliphatic rings. The molecule has 1 amide bonds. The number of carbonyl (C=O) groups excluding carboxylic acids is 1. The van der Waals surface area contributed by atoms with Crippen molar-refractivity contribution in [1.82, 2.24) is 14.3 Å². The van der Waals surface area contributed by atoms with Crippen LogP contribution in [-0.2, 0) is 4.79 Å². The highest BCUT2D eigenvalue weighted by molar-refractivity contribution is 7.07. The van der Waals surface area contributed by atoms with Gasteiger partial charge in [-0.25, -0.2) is 0 Å². The Morgan fingerprint density at radius 3 is 2.30 bits per heavy atom. The molecule has 0 N–H and O–H groups in total. The fourth-order valence-corrected chi connectivity index (χ4v) is 2.45. The zero-order chi connectivity index (χ0) is 15.5. The van der Waals surface area contributed by atoms with Crippen LogP contribution in [0.25, 0.3) is 0 Å². The SMILES string of the molecule is CC.CCC(CC)N(CC)C(=O)COc1nc(C)ns1. The molecule has 0 saturated carbocycles. The first-order valence-corrected chi connectivity index (χ1v) is 8.12. The molecule has 0 bridgehead atoms. The fraction of sp³-hybridized carbons (Fsp3) is 0.786. The van der Waals surface area contributed by atoms with Crippen LogP contribution in [0.1, 0.15) is 53.3 Å². The van der Waals surface area contributed by atoms with Gasteiger partial charge in [0, 0.05) is 24.1 Å². The summed E-state index contributed by atoms with van der Waals surface area (Å²) in [5, 5.41) is 0.460. The number of likely N-dealkylation sites (N-methyl/N-ethyl adjacent to an activating group) is 1.